The van der Waals surface area contributed by atoms with Gasteiger partial charge in [-0.25, -0.2) is 14.4 Å². The molecular weight excluding hydrogens is 283 g/mol. The van der Waals surface area contributed by atoms with E-state index in [0.29, 0.717) is 23.0 Å². The first kappa shape index (κ1) is 13.7. The summed E-state index contributed by atoms with van der Waals surface area (Å²) in [6, 6.07) is 9.52. The minimum atomic E-state index is -0.304. The van der Waals surface area contributed by atoms with Crippen LogP contribution < -0.4 is 16.4 Å². The Kier molecular flexibility index (Phi) is 3.78. The average Bonchev–Trinajstić information content (AvgIpc) is 2.54. The van der Waals surface area contributed by atoms with Crippen LogP contribution in [0.1, 0.15) is 0 Å². The highest BCUT2D eigenvalue weighted by atomic mass is 19.1. The molecule has 3 aromatic rings. The number of rotatable bonds is 4. The molecule has 0 unspecified atom stereocenters. The van der Waals surface area contributed by atoms with E-state index >= 15 is 0 Å². The van der Waals surface area contributed by atoms with Crippen molar-refractivity contribution in [3.63, 3.8) is 0 Å². The summed E-state index contributed by atoms with van der Waals surface area (Å²) in [4.78, 5) is 12.2. The second-order valence-corrected chi connectivity index (χ2v) is 4.48. The largest absolute Gasteiger partial charge is 0.393 e. The summed E-state index contributed by atoms with van der Waals surface area (Å²) in [7, 11) is 0. The second kappa shape index (κ2) is 6.04. The van der Waals surface area contributed by atoms with Crippen LogP contribution in [0, 0.1) is 5.82 Å². The number of aromatic nitrogens is 3. The molecule has 22 heavy (non-hydrogen) atoms. The number of hydrogen-bond donors (Lipinski definition) is 3. The van der Waals surface area contributed by atoms with E-state index in [1.165, 1.54) is 18.5 Å². The lowest BCUT2D eigenvalue weighted by Crippen LogP contribution is -2.05. The number of halogens is 1. The summed E-state index contributed by atoms with van der Waals surface area (Å²) in [5.41, 5.74) is 7.93. The molecule has 0 aliphatic heterocycles. The molecule has 3 rings (SSSR count). The van der Waals surface area contributed by atoms with Gasteiger partial charge in [0, 0.05) is 23.8 Å². The monoisotopic (exact) mass is 296 g/mol. The molecule has 2 aromatic heterocycles. The van der Waals surface area contributed by atoms with Gasteiger partial charge in [0.2, 0.25) is 0 Å². The zero-order chi connectivity index (χ0) is 15.4. The molecule has 0 atom stereocenters. The van der Waals surface area contributed by atoms with Crippen molar-refractivity contribution in [2.45, 2.75) is 0 Å². The first-order chi connectivity index (χ1) is 10.7. The van der Waals surface area contributed by atoms with Crippen molar-refractivity contribution in [1.29, 1.82) is 0 Å². The average molecular weight is 296 g/mol. The van der Waals surface area contributed by atoms with Gasteiger partial charge >= 0.3 is 0 Å². The SMILES string of the molecule is Nc1c(Nc2ccncc2)ncnc1Nc1ccc(F)cc1. The molecule has 6 nitrogen and oxygen atoms in total. The highest BCUT2D eigenvalue weighted by molar-refractivity contribution is 5.80. The fraction of sp³-hybridized carbons (Fsp3) is 0. The molecule has 0 aliphatic rings. The van der Waals surface area contributed by atoms with Gasteiger partial charge in [0.25, 0.3) is 0 Å². The molecule has 0 spiro atoms. The maximum Gasteiger partial charge on any atom is 0.159 e. The van der Waals surface area contributed by atoms with Crippen molar-refractivity contribution in [3.05, 3.63) is 60.9 Å². The molecule has 0 bridgehead atoms. The topological polar surface area (TPSA) is 88.8 Å². The summed E-state index contributed by atoms with van der Waals surface area (Å²) in [5, 5.41) is 6.12. The second-order valence-electron chi connectivity index (χ2n) is 4.48. The molecule has 1 aromatic carbocycles. The Hall–Kier alpha value is -3.22. The predicted octanol–water partition coefficient (Wildman–Crippen LogP) is 3.08. The van der Waals surface area contributed by atoms with Crippen molar-refractivity contribution >= 4 is 28.7 Å². The van der Waals surface area contributed by atoms with Crippen molar-refractivity contribution < 1.29 is 4.39 Å². The summed E-state index contributed by atoms with van der Waals surface area (Å²) in [5.74, 6) is 0.616. The molecule has 0 fully saturated rings. The van der Waals surface area contributed by atoms with Crippen LogP contribution in [0.4, 0.5) is 33.1 Å². The number of hydrogen-bond acceptors (Lipinski definition) is 6. The maximum absolute atomic E-state index is 12.9. The van der Waals surface area contributed by atoms with Crippen LogP contribution in [0.5, 0.6) is 0 Å². The maximum atomic E-state index is 12.9. The molecule has 0 radical (unpaired) electrons. The minimum Gasteiger partial charge on any atom is -0.393 e. The third kappa shape index (κ3) is 3.09. The number of anilines is 5. The quantitative estimate of drug-likeness (QED) is 0.685. The summed E-state index contributed by atoms with van der Waals surface area (Å²) in [6.07, 6.45) is 4.72. The number of pyridine rings is 1. The molecule has 4 N–H and O–H groups in total. The van der Waals surface area contributed by atoms with Gasteiger partial charge in [0.05, 0.1) is 0 Å². The van der Waals surface area contributed by atoms with E-state index < -0.39 is 0 Å². The third-order valence-electron chi connectivity index (χ3n) is 2.93. The number of benzene rings is 1. The Balaban J connectivity index is 1.84. The van der Waals surface area contributed by atoms with Gasteiger partial charge in [-0.15, -0.1) is 0 Å². The Morgan fingerprint density at radius 1 is 0.818 bits per heavy atom. The summed E-state index contributed by atoms with van der Waals surface area (Å²) in [6.45, 7) is 0. The molecule has 0 aliphatic carbocycles. The van der Waals surface area contributed by atoms with E-state index in [4.69, 9.17) is 5.73 Å². The smallest absolute Gasteiger partial charge is 0.159 e. The zero-order valence-corrected chi connectivity index (χ0v) is 11.5. The molecular formula is C15H13FN6. The van der Waals surface area contributed by atoms with E-state index in [9.17, 15) is 4.39 Å². The Morgan fingerprint density at radius 2 is 1.36 bits per heavy atom. The fourth-order valence-electron chi connectivity index (χ4n) is 1.84. The first-order valence-electron chi connectivity index (χ1n) is 6.52. The van der Waals surface area contributed by atoms with Crippen molar-refractivity contribution in [1.82, 2.24) is 15.0 Å². The van der Waals surface area contributed by atoms with Crippen LogP contribution in [0.3, 0.4) is 0 Å². The van der Waals surface area contributed by atoms with Gasteiger partial charge in [-0.1, -0.05) is 0 Å². The lowest BCUT2D eigenvalue weighted by molar-refractivity contribution is 0.628. The lowest BCUT2D eigenvalue weighted by Gasteiger charge is -2.12. The van der Waals surface area contributed by atoms with Gasteiger partial charge in [0.15, 0.2) is 11.6 Å². The van der Waals surface area contributed by atoms with Crippen molar-refractivity contribution in [3.8, 4) is 0 Å². The van der Waals surface area contributed by atoms with Gasteiger partial charge in [-0.2, -0.15) is 0 Å². The van der Waals surface area contributed by atoms with Crippen LogP contribution in [0.15, 0.2) is 55.1 Å². The van der Waals surface area contributed by atoms with E-state index in [0.717, 1.165) is 5.69 Å². The van der Waals surface area contributed by atoms with E-state index in [2.05, 4.69) is 25.6 Å². The molecule has 0 saturated carbocycles. The standard InChI is InChI=1S/C15H13FN6/c16-10-1-3-11(4-2-10)21-14-13(17)15(20-9-19-14)22-12-5-7-18-8-6-12/h1-9H,17H2,(H2,18,19,20,21,22). The highest BCUT2D eigenvalue weighted by Crippen LogP contribution is 2.27. The van der Waals surface area contributed by atoms with Gasteiger partial charge in [-0.3, -0.25) is 4.98 Å². The van der Waals surface area contributed by atoms with E-state index in [-0.39, 0.29) is 5.82 Å². The summed E-state index contributed by atoms with van der Waals surface area (Å²) < 4.78 is 12.9. The molecule has 0 saturated heterocycles. The predicted molar refractivity (Wildman–Crippen MR) is 83.6 cm³/mol. The van der Waals surface area contributed by atoms with Crippen LogP contribution >= 0.6 is 0 Å². The first-order valence-corrected chi connectivity index (χ1v) is 6.52. The van der Waals surface area contributed by atoms with Gasteiger partial charge in [-0.05, 0) is 36.4 Å². The number of nitrogens with two attached hydrogens (primary N) is 1. The molecule has 2 heterocycles. The normalized spacial score (nSPS) is 10.2. The summed E-state index contributed by atoms with van der Waals surface area (Å²) >= 11 is 0. The van der Waals surface area contributed by atoms with Crippen LogP contribution in [-0.4, -0.2) is 15.0 Å². The fourth-order valence-corrected chi connectivity index (χ4v) is 1.84. The van der Waals surface area contributed by atoms with E-state index in [1.807, 2.05) is 0 Å². The third-order valence-corrected chi connectivity index (χ3v) is 2.93. The van der Waals surface area contributed by atoms with Crippen LogP contribution in [-0.2, 0) is 0 Å². The van der Waals surface area contributed by atoms with Crippen LogP contribution in [0.25, 0.3) is 0 Å². The van der Waals surface area contributed by atoms with Crippen molar-refractivity contribution in [2.24, 2.45) is 0 Å². The molecule has 0 amide bonds. The number of nitrogens with one attached hydrogen (secondary N) is 2. The minimum absolute atomic E-state index is 0.304. The highest BCUT2D eigenvalue weighted by Gasteiger charge is 2.08. The lowest BCUT2D eigenvalue weighted by atomic mass is 10.3. The van der Waals surface area contributed by atoms with Gasteiger partial charge in [0.1, 0.15) is 17.8 Å². The molecule has 7 heteroatoms. The van der Waals surface area contributed by atoms with Gasteiger partial charge < -0.3 is 16.4 Å². The Labute approximate surface area is 126 Å². The number of nitrogen functional groups attached to an aromatic ring is 1. The van der Waals surface area contributed by atoms with E-state index in [1.54, 1.807) is 36.7 Å². The Bertz CT molecular complexity index is 761. The van der Waals surface area contributed by atoms with Crippen molar-refractivity contribution in [2.75, 3.05) is 16.4 Å². The molecule has 110 valence electrons. The zero-order valence-electron chi connectivity index (χ0n) is 11.5. The van der Waals surface area contributed by atoms with Crippen LogP contribution in [0.2, 0.25) is 0 Å². The number of nitrogens with zero attached hydrogens (tertiary/aromatic N) is 3. The Morgan fingerprint density at radius 3 is 1.95 bits per heavy atom.